The van der Waals surface area contributed by atoms with Gasteiger partial charge in [-0.3, -0.25) is 4.98 Å². The number of fused-ring (bicyclic) bond motifs is 2. The Morgan fingerprint density at radius 2 is 2.15 bits per heavy atom. The Morgan fingerprint density at radius 3 is 2.75 bits per heavy atom. The zero-order valence-corrected chi connectivity index (χ0v) is 13.9. The molecule has 2 fully saturated rings. The average molecular weight is 359 g/mol. The number of rotatable bonds is 4. The van der Waals surface area contributed by atoms with Gasteiger partial charge in [0, 0.05) is 30.5 Å². The lowest BCUT2D eigenvalue weighted by molar-refractivity contribution is 0.280. The van der Waals surface area contributed by atoms with Crippen LogP contribution in [0.1, 0.15) is 25.7 Å². The SMILES string of the molecule is CN(CC1CC2CCC1C2)S(=O)(=O)c1cncc(Br)c1. The quantitative estimate of drug-likeness (QED) is 0.831. The summed E-state index contributed by atoms with van der Waals surface area (Å²) in [5, 5.41) is 0. The van der Waals surface area contributed by atoms with Crippen LogP contribution < -0.4 is 0 Å². The normalized spacial score (nSPS) is 29.2. The van der Waals surface area contributed by atoms with E-state index in [4.69, 9.17) is 0 Å². The van der Waals surface area contributed by atoms with Crippen LogP contribution in [-0.2, 0) is 10.0 Å². The Bertz CT molecular complexity index is 605. The minimum Gasteiger partial charge on any atom is -0.262 e. The molecular formula is C14H19BrN2O2S. The fourth-order valence-corrected chi connectivity index (χ4v) is 5.48. The third kappa shape index (κ3) is 2.65. The first-order valence-corrected chi connectivity index (χ1v) is 9.27. The first-order chi connectivity index (χ1) is 9.46. The Kier molecular flexibility index (Phi) is 3.90. The maximum atomic E-state index is 12.5. The van der Waals surface area contributed by atoms with Crippen LogP contribution in [-0.4, -0.2) is 31.3 Å². The van der Waals surface area contributed by atoms with Crippen molar-refractivity contribution in [2.75, 3.05) is 13.6 Å². The van der Waals surface area contributed by atoms with Crippen molar-refractivity contribution in [2.45, 2.75) is 30.6 Å². The molecule has 3 unspecified atom stereocenters. The zero-order valence-electron chi connectivity index (χ0n) is 11.5. The molecule has 3 rings (SSSR count). The summed E-state index contributed by atoms with van der Waals surface area (Å²) in [5.74, 6) is 2.11. The number of nitrogens with zero attached hydrogens (tertiary/aromatic N) is 2. The lowest BCUT2D eigenvalue weighted by atomic mass is 9.89. The number of aromatic nitrogens is 1. The monoisotopic (exact) mass is 358 g/mol. The molecule has 2 saturated carbocycles. The average Bonchev–Trinajstić information content (AvgIpc) is 3.01. The van der Waals surface area contributed by atoms with E-state index in [2.05, 4.69) is 20.9 Å². The molecule has 2 aliphatic rings. The highest BCUT2D eigenvalue weighted by atomic mass is 79.9. The molecule has 3 atom stereocenters. The molecule has 1 aromatic heterocycles. The summed E-state index contributed by atoms with van der Waals surface area (Å²) in [4.78, 5) is 4.21. The minimum atomic E-state index is -3.42. The van der Waals surface area contributed by atoms with E-state index in [0.717, 1.165) is 11.8 Å². The lowest BCUT2D eigenvalue weighted by Crippen LogP contribution is -2.33. The van der Waals surface area contributed by atoms with Gasteiger partial charge < -0.3 is 0 Å². The Hall–Kier alpha value is -0.460. The molecule has 0 aromatic carbocycles. The number of halogens is 1. The van der Waals surface area contributed by atoms with Crippen molar-refractivity contribution in [1.29, 1.82) is 0 Å². The van der Waals surface area contributed by atoms with Gasteiger partial charge in [-0.1, -0.05) is 6.42 Å². The van der Waals surface area contributed by atoms with Crippen LogP contribution in [0.2, 0.25) is 0 Å². The van der Waals surface area contributed by atoms with Crippen molar-refractivity contribution in [3.05, 3.63) is 22.9 Å². The highest BCUT2D eigenvalue weighted by Crippen LogP contribution is 2.48. The van der Waals surface area contributed by atoms with E-state index in [9.17, 15) is 8.42 Å². The second-order valence-electron chi connectivity index (χ2n) is 6.06. The predicted molar refractivity (Wildman–Crippen MR) is 80.7 cm³/mol. The molecule has 0 N–H and O–H groups in total. The molecule has 1 heterocycles. The fraction of sp³-hybridized carbons (Fsp3) is 0.643. The van der Waals surface area contributed by atoms with Crippen molar-refractivity contribution in [3.63, 3.8) is 0 Å². The molecule has 6 heteroatoms. The van der Waals surface area contributed by atoms with Gasteiger partial charge in [0.15, 0.2) is 0 Å². The van der Waals surface area contributed by atoms with Gasteiger partial charge in [0.25, 0.3) is 0 Å². The van der Waals surface area contributed by atoms with Gasteiger partial charge >= 0.3 is 0 Å². The van der Waals surface area contributed by atoms with Crippen molar-refractivity contribution >= 4 is 26.0 Å². The molecule has 2 bridgehead atoms. The molecule has 0 saturated heterocycles. The Balaban J connectivity index is 1.74. The number of pyridine rings is 1. The standard InChI is InChI=1S/C14H19BrN2O2S/c1-17(9-12-5-10-2-3-11(12)4-10)20(18,19)14-6-13(15)7-16-8-14/h6-8,10-12H,2-5,9H2,1H3. The Morgan fingerprint density at radius 1 is 1.35 bits per heavy atom. The molecular weight excluding hydrogens is 340 g/mol. The third-order valence-corrected chi connectivity index (χ3v) is 6.99. The van der Waals surface area contributed by atoms with Crippen LogP contribution in [0.15, 0.2) is 27.8 Å². The van der Waals surface area contributed by atoms with Gasteiger partial charge in [0.05, 0.1) is 0 Å². The molecule has 0 spiro atoms. The van der Waals surface area contributed by atoms with E-state index >= 15 is 0 Å². The van der Waals surface area contributed by atoms with Crippen molar-refractivity contribution in [1.82, 2.24) is 9.29 Å². The van der Waals surface area contributed by atoms with E-state index in [0.29, 0.717) is 16.9 Å². The second kappa shape index (κ2) is 5.39. The van der Waals surface area contributed by atoms with E-state index in [1.54, 1.807) is 19.3 Å². The number of hydrogen-bond acceptors (Lipinski definition) is 3. The highest BCUT2D eigenvalue weighted by Gasteiger charge is 2.40. The molecule has 1 aromatic rings. The van der Waals surface area contributed by atoms with Crippen LogP contribution >= 0.6 is 15.9 Å². The van der Waals surface area contributed by atoms with E-state index in [1.807, 2.05) is 0 Å². The summed E-state index contributed by atoms with van der Waals surface area (Å²) >= 11 is 3.27. The molecule has 20 heavy (non-hydrogen) atoms. The first-order valence-electron chi connectivity index (χ1n) is 7.03. The van der Waals surface area contributed by atoms with Gasteiger partial charge in [-0.2, -0.15) is 0 Å². The van der Waals surface area contributed by atoms with Crippen molar-refractivity contribution in [3.8, 4) is 0 Å². The summed E-state index contributed by atoms with van der Waals surface area (Å²) in [6.45, 7) is 0.635. The predicted octanol–water partition coefficient (Wildman–Crippen LogP) is 2.90. The van der Waals surface area contributed by atoms with Crippen molar-refractivity contribution < 1.29 is 8.42 Å². The van der Waals surface area contributed by atoms with E-state index in [1.165, 1.54) is 36.2 Å². The maximum absolute atomic E-state index is 12.5. The van der Waals surface area contributed by atoms with Crippen LogP contribution in [0.3, 0.4) is 0 Å². The van der Waals surface area contributed by atoms with Gasteiger partial charge in [-0.05, 0) is 59.0 Å². The largest absolute Gasteiger partial charge is 0.262 e. The minimum absolute atomic E-state index is 0.262. The van der Waals surface area contributed by atoms with Crippen LogP contribution in [0.25, 0.3) is 0 Å². The first kappa shape index (κ1) is 14.5. The Labute approximate surface area is 128 Å². The molecule has 0 amide bonds. The lowest BCUT2D eigenvalue weighted by Gasteiger charge is -2.26. The number of hydrogen-bond donors (Lipinski definition) is 0. The van der Waals surface area contributed by atoms with Crippen LogP contribution in [0.5, 0.6) is 0 Å². The van der Waals surface area contributed by atoms with Gasteiger partial charge in [0.1, 0.15) is 4.90 Å². The third-order valence-electron chi connectivity index (χ3n) is 4.76. The van der Waals surface area contributed by atoms with E-state index in [-0.39, 0.29) is 4.90 Å². The summed E-state index contributed by atoms with van der Waals surface area (Å²) in [7, 11) is -1.74. The van der Waals surface area contributed by atoms with Gasteiger partial charge in [0.2, 0.25) is 10.0 Å². The molecule has 110 valence electrons. The summed E-state index contributed by atoms with van der Waals surface area (Å²) in [6.07, 6.45) is 8.12. The summed E-state index contributed by atoms with van der Waals surface area (Å²) < 4.78 is 27.3. The number of sulfonamides is 1. The zero-order chi connectivity index (χ0) is 14.3. The summed E-state index contributed by atoms with van der Waals surface area (Å²) in [6, 6.07) is 1.61. The van der Waals surface area contributed by atoms with Gasteiger partial charge in [-0.15, -0.1) is 0 Å². The molecule has 0 aliphatic heterocycles. The van der Waals surface area contributed by atoms with Crippen LogP contribution in [0.4, 0.5) is 0 Å². The van der Waals surface area contributed by atoms with Gasteiger partial charge in [-0.25, -0.2) is 12.7 Å². The summed E-state index contributed by atoms with van der Waals surface area (Å²) in [5.41, 5.74) is 0. The van der Waals surface area contributed by atoms with E-state index < -0.39 is 10.0 Å². The molecule has 0 radical (unpaired) electrons. The maximum Gasteiger partial charge on any atom is 0.244 e. The smallest absolute Gasteiger partial charge is 0.244 e. The van der Waals surface area contributed by atoms with Crippen LogP contribution in [0, 0.1) is 17.8 Å². The fourth-order valence-electron chi connectivity index (χ4n) is 3.74. The topological polar surface area (TPSA) is 50.3 Å². The second-order valence-corrected chi connectivity index (χ2v) is 9.02. The van der Waals surface area contributed by atoms with Crippen molar-refractivity contribution in [2.24, 2.45) is 17.8 Å². The molecule has 4 nitrogen and oxygen atoms in total. The highest BCUT2D eigenvalue weighted by molar-refractivity contribution is 9.10. The molecule has 2 aliphatic carbocycles.